The molecule has 0 radical (unpaired) electrons. The number of hydrogen-bond acceptors (Lipinski definition) is 7. The maximum atomic E-state index is 12.7. The summed E-state index contributed by atoms with van der Waals surface area (Å²) in [6.45, 7) is 2.56. The van der Waals surface area contributed by atoms with Crippen LogP contribution in [0.2, 0.25) is 0 Å². The van der Waals surface area contributed by atoms with Crippen molar-refractivity contribution in [3.05, 3.63) is 88.3 Å². The zero-order chi connectivity index (χ0) is 24.4. The minimum Gasteiger partial charge on any atom is -0.612 e. The van der Waals surface area contributed by atoms with E-state index in [9.17, 15) is 9.35 Å². The van der Waals surface area contributed by atoms with Crippen LogP contribution in [-0.2, 0) is 17.7 Å². The molecule has 2 aromatic heterocycles. The van der Waals surface area contributed by atoms with Crippen molar-refractivity contribution < 1.29 is 4.55 Å². The fraction of sp³-hybridized carbons (Fsp3) is 0.269. The lowest BCUT2D eigenvalue weighted by atomic mass is 10.1. The highest BCUT2D eigenvalue weighted by atomic mass is 32.2. The molecule has 4 aromatic rings. The van der Waals surface area contributed by atoms with E-state index in [1.165, 1.54) is 11.6 Å². The third-order valence-electron chi connectivity index (χ3n) is 6.13. The summed E-state index contributed by atoms with van der Waals surface area (Å²) >= 11 is 0.964. The van der Waals surface area contributed by atoms with Gasteiger partial charge >= 0.3 is 0 Å². The number of thioether (sulfide) groups is 1. The second-order valence-electron chi connectivity index (χ2n) is 8.70. The van der Waals surface area contributed by atoms with Gasteiger partial charge in [-0.1, -0.05) is 24.3 Å². The highest BCUT2D eigenvalue weighted by Crippen LogP contribution is 2.33. The minimum absolute atomic E-state index is 0.135. The number of likely N-dealkylation sites (N-methyl/N-ethyl adjacent to an activating group) is 1. The van der Waals surface area contributed by atoms with Gasteiger partial charge in [0.25, 0.3) is 5.56 Å². The van der Waals surface area contributed by atoms with E-state index < -0.39 is 11.2 Å². The zero-order valence-electron chi connectivity index (χ0n) is 19.7. The third-order valence-corrected chi connectivity index (χ3v) is 8.31. The summed E-state index contributed by atoms with van der Waals surface area (Å²) in [4.78, 5) is 25.0. The van der Waals surface area contributed by atoms with Crippen LogP contribution in [0, 0.1) is 0 Å². The third kappa shape index (κ3) is 5.54. The Bertz CT molecular complexity index is 1370. The number of aromatic nitrogens is 3. The summed E-state index contributed by atoms with van der Waals surface area (Å²) in [5, 5.41) is 4.55. The molecular weight excluding hydrogens is 478 g/mol. The van der Waals surface area contributed by atoms with Crippen molar-refractivity contribution in [3.8, 4) is 0 Å². The largest absolute Gasteiger partial charge is 0.612 e. The topological polar surface area (TPSA) is 86.1 Å². The first-order valence-corrected chi connectivity index (χ1v) is 14.0. The van der Waals surface area contributed by atoms with Gasteiger partial charge in [0.05, 0.1) is 6.54 Å². The van der Waals surface area contributed by atoms with Gasteiger partial charge in [-0.15, -0.1) is 0 Å². The molecule has 0 aliphatic carbocycles. The molecule has 0 saturated carbocycles. The molecule has 0 bridgehead atoms. The second kappa shape index (κ2) is 10.4. The quantitative estimate of drug-likeness (QED) is 0.396. The number of nitrogens with one attached hydrogen (secondary N) is 1. The summed E-state index contributed by atoms with van der Waals surface area (Å²) in [6, 6.07) is 19.1. The summed E-state index contributed by atoms with van der Waals surface area (Å²) in [5.74, 6) is 1.59. The fourth-order valence-corrected chi connectivity index (χ4v) is 6.07. The number of hydrogen-bond donors (Lipinski definition) is 1. The fourth-order valence-electron chi connectivity index (χ4n) is 4.14. The van der Waals surface area contributed by atoms with E-state index in [1.807, 2.05) is 36.0 Å². The van der Waals surface area contributed by atoms with E-state index in [0.29, 0.717) is 23.4 Å². The molecule has 1 saturated heterocycles. The zero-order valence-corrected chi connectivity index (χ0v) is 21.3. The molecule has 2 atom stereocenters. The van der Waals surface area contributed by atoms with Crippen LogP contribution in [0.3, 0.4) is 0 Å². The van der Waals surface area contributed by atoms with E-state index >= 15 is 0 Å². The first-order chi connectivity index (χ1) is 17.0. The highest BCUT2D eigenvalue weighted by molar-refractivity contribution is 7.99. The highest BCUT2D eigenvalue weighted by Gasteiger charge is 2.19. The SMILES string of the molecule is CN1CCSC(c2ccc(Nc3ncc4ccc(=O)n(Cc5ccc([S+](C)[O-])cc5)c4n3)cc2)C1. The Hall–Kier alpha value is -2.85. The Morgan fingerprint density at radius 2 is 1.89 bits per heavy atom. The molecule has 1 aliphatic rings. The maximum absolute atomic E-state index is 12.7. The lowest BCUT2D eigenvalue weighted by molar-refractivity contribution is 0.347. The van der Waals surface area contributed by atoms with Crippen molar-refractivity contribution in [3.63, 3.8) is 0 Å². The predicted molar refractivity (Wildman–Crippen MR) is 144 cm³/mol. The number of pyridine rings is 1. The molecule has 7 nitrogen and oxygen atoms in total. The van der Waals surface area contributed by atoms with Crippen molar-refractivity contribution >= 4 is 45.6 Å². The molecule has 0 amide bonds. The molecule has 1 N–H and O–H groups in total. The average Bonchev–Trinajstić information content (AvgIpc) is 2.86. The Balaban J connectivity index is 1.38. The van der Waals surface area contributed by atoms with Crippen LogP contribution in [0.15, 0.2) is 76.6 Å². The van der Waals surface area contributed by atoms with E-state index in [4.69, 9.17) is 0 Å². The molecule has 35 heavy (non-hydrogen) atoms. The molecule has 5 rings (SSSR count). The van der Waals surface area contributed by atoms with Gasteiger partial charge in [0.2, 0.25) is 5.95 Å². The molecule has 1 fully saturated rings. The molecule has 2 unspecified atom stereocenters. The Kier molecular flexibility index (Phi) is 7.10. The molecule has 180 valence electrons. The Morgan fingerprint density at radius 3 is 2.60 bits per heavy atom. The maximum Gasteiger partial charge on any atom is 0.252 e. The van der Waals surface area contributed by atoms with Gasteiger partial charge in [-0.05, 0) is 59.7 Å². The van der Waals surface area contributed by atoms with Crippen molar-refractivity contribution in [2.24, 2.45) is 0 Å². The van der Waals surface area contributed by atoms with Gasteiger partial charge in [-0.25, -0.2) is 4.98 Å². The van der Waals surface area contributed by atoms with Crippen molar-refractivity contribution in [1.82, 2.24) is 19.4 Å². The van der Waals surface area contributed by atoms with Crippen LogP contribution in [-0.4, -0.2) is 56.1 Å². The molecule has 9 heteroatoms. The number of rotatable bonds is 6. The minimum atomic E-state index is -1.04. The van der Waals surface area contributed by atoms with Gasteiger partial charge in [0.15, 0.2) is 4.90 Å². The Morgan fingerprint density at radius 1 is 1.11 bits per heavy atom. The van der Waals surface area contributed by atoms with Gasteiger partial charge in [0, 0.05) is 47.4 Å². The van der Waals surface area contributed by atoms with Crippen molar-refractivity contribution in [2.45, 2.75) is 16.7 Å². The normalized spacial score (nSPS) is 17.4. The Labute approximate surface area is 211 Å². The predicted octanol–water partition coefficient (Wildman–Crippen LogP) is 4.04. The number of anilines is 2. The van der Waals surface area contributed by atoms with Gasteiger partial charge < -0.3 is 14.8 Å². The van der Waals surface area contributed by atoms with E-state index in [-0.39, 0.29) is 5.56 Å². The molecule has 1 aliphatic heterocycles. The monoisotopic (exact) mass is 505 g/mol. The van der Waals surface area contributed by atoms with Gasteiger partial charge in [-0.2, -0.15) is 16.7 Å². The lowest BCUT2D eigenvalue weighted by Crippen LogP contribution is -2.30. The van der Waals surface area contributed by atoms with Crippen LogP contribution in [0.4, 0.5) is 11.6 Å². The molecule has 0 spiro atoms. The number of benzene rings is 2. The first-order valence-electron chi connectivity index (χ1n) is 11.4. The second-order valence-corrected chi connectivity index (χ2v) is 11.4. The van der Waals surface area contributed by atoms with Gasteiger partial charge in [0.1, 0.15) is 11.9 Å². The summed E-state index contributed by atoms with van der Waals surface area (Å²) < 4.78 is 13.3. The smallest absolute Gasteiger partial charge is 0.252 e. The summed E-state index contributed by atoms with van der Waals surface area (Å²) in [5.41, 5.74) is 3.58. The molecule has 2 aromatic carbocycles. The lowest BCUT2D eigenvalue weighted by Gasteiger charge is -2.29. The van der Waals surface area contributed by atoms with Crippen LogP contribution < -0.4 is 10.9 Å². The summed E-state index contributed by atoms with van der Waals surface area (Å²) in [6.07, 6.45) is 3.38. The van der Waals surface area contributed by atoms with Crippen LogP contribution >= 0.6 is 11.8 Å². The number of fused-ring (bicyclic) bond motifs is 1. The van der Waals surface area contributed by atoms with Crippen LogP contribution in [0.5, 0.6) is 0 Å². The van der Waals surface area contributed by atoms with E-state index in [1.54, 1.807) is 23.1 Å². The first kappa shape index (κ1) is 23.9. The van der Waals surface area contributed by atoms with Crippen molar-refractivity contribution in [1.29, 1.82) is 0 Å². The number of nitrogens with zero attached hydrogens (tertiary/aromatic N) is 4. The van der Waals surface area contributed by atoms with Gasteiger partial charge in [-0.3, -0.25) is 9.36 Å². The van der Waals surface area contributed by atoms with E-state index in [2.05, 4.69) is 51.5 Å². The van der Waals surface area contributed by atoms with Crippen LogP contribution in [0.1, 0.15) is 16.4 Å². The average molecular weight is 506 g/mol. The molecule has 3 heterocycles. The molecular formula is C26H27N5O2S2. The standard InChI is InChI=1S/C26H27N5O2S2/c1-30-13-14-34-23(17-30)19-5-8-21(9-6-19)28-26-27-15-20-7-12-24(32)31(25(20)29-26)16-18-3-10-22(11-4-18)35(2)33/h3-12,15,23H,13-14,16-17H2,1-2H3,(H,27,28,29). The summed E-state index contributed by atoms with van der Waals surface area (Å²) in [7, 11) is 2.17. The van der Waals surface area contributed by atoms with Crippen LogP contribution in [0.25, 0.3) is 11.0 Å². The van der Waals surface area contributed by atoms with Crippen molar-refractivity contribution in [2.75, 3.05) is 37.5 Å². The van der Waals surface area contributed by atoms with E-state index in [0.717, 1.165) is 40.4 Å².